The summed E-state index contributed by atoms with van der Waals surface area (Å²) in [6.07, 6.45) is 0. The number of hydrogen-bond acceptors (Lipinski definition) is 3. The Morgan fingerprint density at radius 3 is 2.25 bits per heavy atom. The van der Waals surface area contributed by atoms with Crippen LogP contribution >= 0.6 is 0 Å². The fourth-order valence-corrected chi connectivity index (χ4v) is 1.64. The van der Waals surface area contributed by atoms with Crippen molar-refractivity contribution in [3.63, 3.8) is 0 Å². The van der Waals surface area contributed by atoms with Crippen LogP contribution in [-0.2, 0) is 0 Å². The number of aromatic carboxylic acids is 2. The predicted octanol–water partition coefficient (Wildman–Crippen LogP) is 3.18. The zero-order valence-electron chi connectivity index (χ0n) is 11.6. The number of hydrogen-bond donors (Lipinski definition) is 2. The highest BCUT2D eigenvalue weighted by molar-refractivity contribution is 6.02. The number of rotatable bonds is 4. The first-order valence-electron chi connectivity index (χ1n) is 6.24. The molecule has 0 bridgehead atoms. The normalized spacial score (nSPS) is 10.8. The van der Waals surface area contributed by atoms with Gasteiger partial charge in [-0.1, -0.05) is 17.7 Å². The van der Waals surface area contributed by atoms with Crippen molar-refractivity contribution in [2.75, 3.05) is 0 Å². The van der Waals surface area contributed by atoms with Gasteiger partial charge in [-0.05, 0) is 37.3 Å². The van der Waals surface area contributed by atoms with Gasteiger partial charge in [-0.2, -0.15) is 0 Å². The molecule has 0 atom stereocenters. The molecular formula is C15H12O5. The summed E-state index contributed by atoms with van der Waals surface area (Å²) < 4.78 is 13.1. The maximum atomic E-state index is 11.1. The summed E-state index contributed by atoms with van der Waals surface area (Å²) in [5, 5.41) is 18.0. The average molecular weight is 273 g/mol. The van der Waals surface area contributed by atoms with E-state index in [-0.39, 0.29) is 16.9 Å². The molecule has 2 aromatic carbocycles. The monoisotopic (exact) mass is 273 g/mol. The smallest absolute Gasteiger partial charge is 0.336 e. The zero-order valence-corrected chi connectivity index (χ0v) is 10.6. The lowest BCUT2D eigenvalue weighted by Crippen LogP contribution is -2.07. The minimum Gasteiger partial charge on any atom is -0.478 e. The molecule has 0 aliphatic rings. The molecule has 2 rings (SSSR count). The third kappa shape index (κ3) is 2.95. The van der Waals surface area contributed by atoms with Gasteiger partial charge in [-0.3, -0.25) is 0 Å². The topological polar surface area (TPSA) is 83.8 Å². The molecule has 5 nitrogen and oxygen atoms in total. The van der Waals surface area contributed by atoms with Gasteiger partial charge in [0.1, 0.15) is 11.5 Å². The van der Waals surface area contributed by atoms with E-state index in [0.717, 1.165) is 11.6 Å². The van der Waals surface area contributed by atoms with E-state index >= 15 is 0 Å². The van der Waals surface area contributed by atoms with Crippen molar-refractivity contribution in [3.8, 4) is 11.5 Å². The van der Waals surface area contributed by atoms with Crippen LogP contribution < -0.4 is 4.74 Å². The van der Waals surface area contributed by atoms with Crippen molar-refractivity contribution in [1.82, 2.24) is 0 Å². The van der Waals surface area contributed by atoms with Gasteiger partial charge in [-0.15, -0.1) is 0 Å². The van der Waals surface area contributed by atoms with Crippen molar-refractivity contribution >= 4 is 11.9 Å². The molecule has 2 aromatic rings. The van der Waals surface area contributed by atoms with Crippen LogP contribution in [0.1, 0.15) is 27.7 Å². The number of aryl methyl sites for hydroxylation is 1. The quantitative estimate of drug-likeness (QED) is 0.893. The highest BCUT2D eigenvalue weighted by atomic mass is 16.5. The molecule has 0 unspecified atom stereocenters. The standard InChI is InChI=1S/C15H12O5/c1-9-2-4-10(5-3-9)20-11-6-7-12(14(16)17)13(8-11)15(18)19/h2-8H,1H3,(H,16,17)(H,18,19)/i2D. The lowest BCUT2D eigenvalue weighted by molar-refractivity contribution is 0.0651. The van der Waals surface area contributed by atoms with E-state index in [1.807, 2.05) is 0 Å². The van der Waals surface area contributed by atoms with Crippen LogP contribution in [0.5, 0.6) is 11.5 Å². The van der Waals surface area contributed by atoms with Crippen molar-refractivity contribution in [2.45, 2.75) is 6.92 Å². The Hall–Kier alpha value is -2.82. The van der Waals surface area contributed by atoms with Crippen LogP contribution in [0.15, 0.2) is 42.4 Å². The molecule has 0 fully saturated rings. The molecule has 0 heterocycles. The number of ether oxygens (including phenoxy) is 1. The molecule has 20 heavy (non-hydrogen) atoms. The Balaban J connectivity index is 2.36. The maximum Gasteiger partial charge on any atom is 0.336 e. The Kier molecular flexibility index (Phi) is 3.33. The second kappa shape index (κ2) is 5.44. The molecule has 0 saturated heterocycles. The van der Waals surface area contributed by atoms with Crippen LogP contribution in [0.4, 0.5) is 0 Å². The molecule has 0 aliphatic heterocycles. The Morgan fingerprint density at radius 2 is 1.65 bits per heavy atom. The van der Waals surface area contributed by atoms with E-state index in [4.69, 9.17) is 16.3 Å². The van der Waals surface area contributed by atoms with Crippen molar-refractivity contribution in [3.05, 3.63) is 59.1 Å². The second-order valence-electron chi connectivity index (χ2n) is 4.13. The minimum absolute atomic E-state index is 0.195. The Labute approximate surface area is 116 Å². The summed E-state index contributed by atoms with van der Waals surface area (Å²) in [4.78, 5) is 22.0. The molecule has 5 heteroatoms. The first kappa shape index (κ1) is 12.2. The van der Waals surface area contributed by atoms with Gasteiger partial charge < -0.3 is 14.9 Å². The van der Waals surface area contributed by atoms with E-state index in [2.05, 4.69) is 0 Å². The number of carbonyl (C=O) groups is 2. The zero-order chi connectivity index (χ0) is 15.6. The SMILES string of the molecule is [2H]c1cc(Oc2ccc(C(=O)O)c(C(=O)O)c2)ccc1C. The highest BCUT2D eigenvalue weighted by Crippen LogP contribution is 2.24. The van der Waals surface area contributed by atoms with Crippen LogP contribution in [0.25, 0.3) is 0 Å². The summed E-state index contributed by atoms with van der Waals surface area (Å²) in [5.74, 6) is -2.09. The van der Waals surface area contributed by atoms with Crippen molar-refractivity contribution < 1.29 is 25.9 Å². The maximum absolute atomic E-state index is 11.1. The number of benzene rings is 2. The van der Waals surface area contributed by atoms with Crippen LogP contribution in [-0.4, -0.2) is 22.2 Å². The van der Waals surface area contributed by atoms with E-state index < -0.39 is 11.9 Å². The third-order valence-corrected chi connectivity index (χ3v) is 2.63. The molecule has 102 valence electrons. The Morgan fingerprint density at radius 1 is 1.00 bits per heavy atom. The van der Waals surface area contributed by atoms with Gasteiger partial charge in [0, 0.05) is 0 Å². The van der Waals surface area contributed by atoms with Gasteiger partial charge in [-0.25, -0.2) is 9.59 Å². The molecule has 0 radical (unpaired) electrons. The van der Waals surface area contributed by atoms with Crippen LogP contribution in [0.2, 0.25) is 0 Å². The van der Waals surface area contributed by atoms with Gasteiger partial charge in [0.15, 0.2) is 0 Å². The molecule has 0 saturated carbocycles. The number of carboxylic acid groups (broad SMARTS) is 2. The second-order valence-corrected chi connectivity index (χ2v) is 4.13. The molecular weight excluding hydrogens is 260 g/mol. The van der Waals surface area contributed by atoms with Crippen molar-refractivity contribution in [1.29, 1.82) is 0 Å². The first-order chi connectivity index (χ1) is 9.88. The third-order valence-electron chi connectivity index (χ3n) is 2.63. The summed E-state index contributed by atoms with van der Waals surface area (Å²) in [6.45, 7) is 1.79. The average Bonchev–Trinajstić information content (AvgIpc) is 2.42. The van der Waals surface area contributed by atoms with E-state index in [1.54, 1.807) is 19.1 Å². The summed E-state index contributed by atoms with van der Waals surface area (Å²) in [6, 6.07) is 8.86. The highest BCUT2D eigenvalue weighted by Gasteiger charge is 2.16. The van der Waals surface area contributed by atoms with E-state index in [0.29, 0.717) is 11.8 Å². The van der Waals surface area contributed by atoms with E-state index in [9.17, 15) is 9.59 Å². The first-order valence-corrected chi connectivity index (χ1v) is 5.74. The van der Waals surface area contributed by atoms with Gasteiger partial charge in [0.2, 0.25) is 0 Å². The molecule has 0 spiro atoms. The lowest BCUT2D eigenvalue weighted by atomic mass is 10.1. The van der Waals surface area contributed by atoms with Gasteiger partial charge >= 0.3 is 11.9 Å². The van der Waals surface area contributed by atoms with Crippen LogP contribution in [0, 0.1) is 6.92 Å². The number of carboxylic acids is 2. The summed E-state index contributed by atoms with van der Waals surface area (Å²) in [7, 11) is 0. The minimum atomic E-state index is -1.34. The van der Waals surface area contributed by atoms with Crippen LogP contribution in [0.3, 0.4) is 0 Å². The van der Waals surface area contributed by atoms with Crippen molar-refractivity contribution in [2.24, 2.45) is 0 Å². The van der Waals surface area contributed by atoms with E-state index in [1.165, 1.54) is 18.2 Å². The Bertz CT molecular complexity index is 724. The fourth-order valence-electron chi connectivity index (χ4n) is 1.64. The largest absolute Gasteiger partial charge is 0.478 e. The molecule has 0 amide bonds. The summed E-state index contributed by atoms with van der Waals surface area (Å²) >= 11 is 0. The van der Waals surface area contributed by atoms with Gasteiger partial charge in [0.25, 0.3) is 0 Å². The lowest BCUT2D eigenvalue weighted by Gasteiger charge is -2.08. The fraction of sp³-hybridized carbons (Fsp3) is 0.0667. The molecule has 0 aromatic heterocycles. The molecule has 2 N–H and O–H groups in total. The van der Waals surface area contributed by atoms with Gasteiger partial charge in [0.05, 0.1) is 12.5 Å². The summed E-state index contributed by atoms with van der Waals surface area (Å²) in [5.41, 5.74) is 0.132. The molecule has 0 aliphatic carbocycles. The predicted molar refractivity (Wildman–Crippen MR) is 71.6 cm³/mol.